The normalized spacial score (nSPS) is 12.1. The highest BCUT2D eigenvalue weighted by molar-refractivity contribution is 5.93. The van der Waals surface area contributed by atoms with E-state index in [4.69, 9.17) is 10.8 Å². The van der Waals surface area contributed by atoms with E-state index in [2.05, 4.69) is 24.1 Å². The van der Waals surface area contributed by atoms with Crippen LogP contribution in [0.5, 0.6) is 0 Å². The fraction of sp³-hybridized carbons (Fsp3) is 0.533. The van der Waals surface area contributed by atoms with Crippen LogP contribution in [-0.4, -0.2) is 28.5 Å². The molecule has 0 spiro atoms. The number of aliphatic carboxylic acids is 1. The van der Waals surface area contributed by atoms with Gasteiger partial charge in [-0.05, 0) is 36.8 Å². The third-order valence-electron chi connectivity index (χ3n) is 3.54. The zero-order valence-electron chi connectivity index (χ0n) is 12.5. The van der Waals surface area contributed by atoms with Gasteiger partial charge in [-0.3, -0.25) is 9.59 Å². The lowest BCUT2D eigenvalue weighted by molar-refractivity contribution is -0.137. The van der Waals surface area contributed by atoms with Gasteiger partial charge in [-0.1, -0.05) is 13.8 Å². The number of amides is 1. The third-order valence-corrected chi connectivity index (χ3v) is 3.54. The maximum Gasteiger partial charge on any atom is 0.303 e. The van der Waals surface area contributed by atoms with Gasteiger partial charge in [-0.2, -0.15) is 0 Å². The van der Waals surface area contributed by atoms with Gasteiger partial charge in [0.2, 0.25) is 5.91 Å². The van der Waals surface area contributed by atoms with Crippen LogP contribution in [0.15, 0.2) is 18.3 Å². The molecule has 0 aromatic carbocycles. The first-order valence-corrected chi connectivity index (χ1v) is 7.11. The fourth-order valence-corrected chi connectivity index (χ4v) is 2.19. The zero-order valence-corrected chi connectivity index (χ0v) is 12.5. The predicted molar refractivity (Wildman–Crippen MR) is 81.1 cm³/mol. The van der Waals surface area contributed by atoms with Gasteiger partial charge < -0.3 is 16.2 Å². The lowest BCUT2D eigenvalue weighted by atomic mass is 9.88. The quantitative estimate of drug-likeness (QED) is 0.646. The number of aromatic nitrogens is 1. The molecule has 1 unspecified atom stereocenters. The highest BCUT2D eigenvalue weighted by atomic mass is 16.4. The summed E-state index contributed by atoms with van der Waals surface area (Å²) in [6, 6.07) is 3.18. The number of carboxylic acids is 1. The Labute approximate surface area is 124 Å². The molecule has 0 saturated carbocycles. The Balaban J connectivity index is 2.48. The number of nitrogens with one attached hydrogen (secondary N) is 1. The Bertz CT molecular complexity index is 489. The van der Waals surface area contributed by atoms with Gasteiger partial charge in [0.25, 0.3) is 0 Å². The maximum atomic E-state index is 11.1. The van der Waals surface area contributed by atoms with Crippen LogP contribution in [-0.2, 0) is 4.79 Å². The van der Waals surface area contributed by atoms with Crippen molar-refractivity contribution >= 4 is 17.7 Å². The lowest BCUT2D eigenvalue weighted by Crippen LogP contribution is -2.16. The van der Waals surface area contributed by atoms with E-state index in [1.807, 2.05) is 0 Å². The van der Waals surface area contributed by atoms with Crippen LogP contribution in [0, 0.1) is 11.8 Å². The van der Waals surface area contributed by atoms with Crippen molar-refractivity contribution in [3.8, 4) is 0 Å². The van der Waals surface area contributed by atoms with Gasteiger partial charge in [0, 0.05) is 24.7 Å². The molecule has 1 rings (SSSR count). The largest absolute Gasteiger partial charge is 0.481 e. The standard InChI is InChI=1S/C15H23N3O3/c1-10(2)11(3-4-14(19)20)5-7-17-13-9-12(15(16)21)6-8-18-13/h6,8-11H,3-5,7H2,1-2H3,(H2,16,21)(H,17,18)(H,19,20). The summed E-state index contributed by atoms with van der Waals surface area (Å²) in [6.45, 7) is 4.87. The molecule has 0 fully saturated rings. The maximum absolute atomic E-state index is 11.1. The molecule has 0 radical (unpaired) electrons. The molecule has 1 aromatic rings. The van der Waals surface area contributed by atoms with E-state index in [-0.39, 0.29) is 6.42 Å². The minimum atomic E-state index is -0.760. The summed E-state index contributed by atoms with van der Waals surface area (Å²) in [7, 11) is 0. The van der Waals surface area contributed by atoms with Crippen molar-refractivity contribution in [2.75, 3.05) is 11.9 Å². The van der Waals surface area contributed by atoms with Crippen LogP contribution in [0.2, 0.25) is 0 Å². The van der Waals surface area contributed by atoms with Crippen molar-refractivity contribution in [2.45, 2.75) is 33.1 Å². The van der Waals surface area contributed by atoms with Crippen LogP contribution in [0.3, 0.4) is 0 Å². The van der Waals surface area contributed by atoms with E-state index in [9.17, 15) is 9.59 Å². The molecule has 116 valence electrons. The molecule has 1 amide bonds. The molecule has 1 atom stereocenters. The van der Waals surface area contributed by atoms with E-state index in [1.54, 1.807) is 12.1 Å². The summed E-state index contributed by atoms with van der Waals surface area (Å²) >= 11 is 0. The average molecular weight is 293 g/mol. The highest BCUT2D eigenvalue weighted by Crippen LogP contribution is 2.21. The van der Waals surface area contributed by atoms with Crippen molar-refractivity contribution in [3.05, 3.63) is 23.9 Å². The molecule has 0 saturated heterocycles. The molecule has 0 aliphatic heterocycles. The Morgan fingerprint density at radius 1 is 1.38 bits per heavy atom. The summed E-state index contributed by atoms with van der Waals surface area (Å²) in [4.78, 5) is 25.9. The van der Waals surface area contributed by atoms with E-state index < -0.39 is 11.9 Å². The molecule has 0 bridgehead atoms. The number of hydrogen-bond acceptors (Lipinski definition) is 4. The Morgan fingerprint density at radius 3 is 2.67 bits per heavy atom. The number of pyridine rings is 1. The number of primary amides is 1. The summed E-state index contributed by atoms with van der Waals surface area (Å²) in [6.07, 6.45) is 3.25. The molecule has 21 heavy (non-hydrogen) atoms. The molecule has 1 heterocycles. The van der Waals surface area contributed by atoms with E-state index in [1.165, 1.54) is 6.20 Å². The van der Waals surface area contributed by atoms with Gasteiger partial charge in [0.05, 0.1) is 0 Å². The van der Waals surface area contributed by atoms with Crippen molar-refractivity contribution < 1.29 is 14.7 Å². The Hall–Kier alpha value is -2.11. The Morgan fingerprint density at radius 2 is 2.10 bits per heavy atom. The molecule has 6 heteroatoms. The van der Waals surface area contributed by atoms with Gasteiger partial charge in [-0.15, -0.1) is 0 Å². The molecule has 0 aliphatic rings. The number of carbonyl (C=O) groups is 2. The van der Waals surface area contributed by atoms with Crippen molar-refractivity contribution in [1.82, 2.24) is 4.98 Å². The highest BCUT2D eigenvalue weighted by Gasteiger charge is 2.14. The van der Waals surface area contributed by atoms with Crippen molar-refractivity contribution in [1.29, 1.82) is 0 Å². The summed E-state index contributed by atoms with van der Waals surface area (Å²) < 4.78 is 0. The first kappa shape index (κ1) is 16.9. The van der Waals surface area contributed by atoms with Crippen LogP contribution < -0.4 is 11.1 Å². The van der Waals surface area contributed by atoms with Gasteiger partial charge in [-0.25, -0.2) is 4.98 Å². The number of carboxylic acid groups (broad SMARTS) is 1. The van der Waals surface area contributed by atoms with Crippen LogP contribution in [0.1, 0.15) is 43.5 Å². The van der Waals surface area contributed by atoms with E-state index in [0.29, 0.717) is 36.2 Å². The number of anilines is 1. The minimum absolute atomic E-state index is 0.193. The average Bonchev–Trinajstić information content (AvgIpc) is 2.42. The molecule has 4 N–H and O–H groups in total. The molecule has 6 nitrogen and oxygen atoms in total. The van der Waals surface area contributed by atoms with Gasteiger partial charge in [0.15, 0.2) is 0 Å². The zero-order chi connectivity index (χ0) is 15.8. The predicted octanol–water partition coefficient (Wildman–Crippen LogP) is 2.12. The second-order valence-electron chi connectivity index (χ2n) is 5.45. The number of rotatable bonds is 9. The summed E-state index contributed by atoms with van der Waals surface area (Å²) in [5.74, 6) is 0.127. The second-order valence-corrected chi connectivity index (χ2v) is 5.45. The molecule has 1 aromatic heterocycles. The molecule has 0 aliphatic carbocycles. The Kier molecular flexibility index (Phi) is 6.65. The monoisotopic (exact) mass is 293 g/mol. The van der Waals surface area contributed by atoms with E-state index >= 15 is 0 Å². The van der Waals surface area contributed by atoms with Crippen LogP contribution in [0.4, 0.5) is 5.82 Å². The topological polar surface area (TPSA) is 105 Å². The second kappa shape index (κ2) is 8.24. The van der Waals surface area contributed by atoms with Crippen LogP contribution >= 0.6 is 0 Å². The first-order valence-electron chi connectivity index (χ1n) is 7.11. The third kappa shape index (κ3) is 6.25. The van der Waals surface area contributed by atoms with Crippen molar-refractivity contribution in [2.24, 2.45) is 17.6 Å². The lowest BCUT2D eigenvalue weighted by Gasteiger charge is -2.20. The van der Waals surface area contributed by atoms with Gasteiger partial charge >= 0.3 is 5.97 Å². The van der Waals surface area contributed by atoms with Crippen molar-refractivity contribution in [3.63, 3.8) is 0 Å². The minimum Gasteiger partial charge on any atom is -0.481 e. The van der Waals surface area contributed by atoms with E-state index in [0.717, 1.165) is 6.42 Å². The smallest absolute Gasteiger partial charge is 0.303 e. The summed E-state index contributed by atoms with van der Waals surface area (Å²) in [5.41, 5.74) is 5.63. The number of hydrogen-bond donors (Lipinski definition) is 3. The van der Waals surface area contributed by atoms with Gasteiger partial charge in [0.1, 0.15) is 5.82 Å². The number of nitrogens with two attached hydrogens (primary N) is 1. The number of nitrogens with zero attached hydrogens (tertiary/aromatic N) is 1. The summed E-state index contributed by atoms with van der Waals surface area (Å²) in [5, 5.41) is 11.9. The molecular formula is C15H23N3O3. The fourth-order valence-electron chi connectivity index (χ4n) is 2.19. The molecular weight excluding hydrogens is 270 g/mol. The number of carbonyl (C=O) groups excluding carboxylic acids is 1. The SMILES string of the molecule is CC(C)C(CCNc1cc(C(N)=O)ccn1)CCC(=O)O. The first-order chi connectivity index (χ1) is 9.90. The van der Waals surface area contributed by atoms with Crippen LogP contribution in [0.25, 0.3) is 0 Å².